The van der Waals surface area contributed by atoms with Gasteiger partial charge in [0, 0.05) is 15.7 Å². The fourth-order valence-electron chi connectivity index (χ4n) is 1.05. The normalized spacial score (nSPS) is 10.0. The highest BCUT2D eigenvalue weighted by molar-refractivity contribution is 14.1. The molecule has 0 fully saturated rings. The zero-order chi connectivity index (χ0) is 9.84. The highest BCUT2D eigenvalue weighted by atomic mass is 127. The van der Waals surface area contributed by atoms with Gasteiger partial charge in [0.05, 0.1) is 4.92 Å². The molecule has 13 heavy (non-hydrogen) atoms. The lowest BCUT2D eigenvalue weighted by Crippen LogP contribution is -2.03. The molecular formula is C8H9IN2O2. The van der Waals surface area contributed by atoms with Gasteiger partial charge in [-0.25, -0.2) is 0 Å². The molecule has 0 radical (unpaired) electrons. The largest absolute Gasteiger partial charge is 0.330 e. The summed E-state index contributed by atoms with van der Waals surface area (Å²) in [6.45, 7) is 0.511. The van der Waals surface area contributed by atoms with E-state index in [4.69, 9.17) is 5.73 Å². The molecular weight excluding hydrogens is 283 g/mol. The van der Waals surface area contributed by atoms with E-state index in [0.29, 0.717) is 13.0 Å². The van der Waals surface area contributed by atoms with Crippen molar-refractivity contribution in [1.82, 2.24) is 0 Å². The molecule has 0 atom stereocenters. The van der Waals surface area contributed by atoms with E-state index in [-0.39, 0.29) is 10.6 Å². The van der Waals surface area contributed by atoms with Gasteiger partial charge < -0.3 is 5.73 Å². The molecule has 0 aliphatic rings. The second-order valence-corrected chi connectivity index (χ2v) is 3.86. The number of hydrogen-bond donors (Lipinski definition) is 1. The minimum atomic E-state index is -0.387. The van der Waals surface area contributed by atoms with Crippen molar-refractivity contribution in [3.63, 3.8) is 0 Å². The van der Waals surface area contributed by atoms with Crippen LogP contribution >= 0.6 is 22.6 Å². The van der Waals surface area contributed by atoms with Gasteiger partial charge in [0.15, 0.2) is 0 Å². The van der Waals surface area contributed by atoms with Gasteiger partial charge in [-0.2, -0.15) is 0 Å². The highest BCUT2D eigenvalue weighted by Gasteiger charge is 2.07. The highest BCUT2D eigenvalue weighted by Crippen LogP contribution is 2.18. The third-order valence-corrected chi connectivity index (χ3v) is 2.21. The van der Waals surface area contributed by atoms with E-state index in [0.717, 1.165) is 9.13 Å². The third-order valence-electron chi connectivity index (χ3n) is 1.59. The minimum absolute atomic E-state index is 0.135. The summed E-state index contributed by atoms with van der Waals surface area (Å²) in [7, 11) is 0. The summed E-state index contributed by atoms with van der Waals surface area (Å²) < 4.78 is 0.871. The molecule has 1 aromatic rings. The molecule has 0 aromatic heterocycles. The third kappa shape index (κ3) is 2.92. The monoisotopic (exact) mass is 292 g/mol. The quantitative estimate of drug-likeness (QED) is 0.523. The van der Waals surface area contributed by atoms with Crippen LogP contribution in [0.4, 0.5) is 5.69 Å². The van der Waals surface area contributed by atoms with Crippen molar-refractivity contribution < 1.29 is 4.92 Å². The maximum Gasteiger partial charge on any atom is 0.270 e. The summed E-state index contributed by atoms with van der Waals surface area (Å²) in [6, 6.07) is 5.01. The molecule has 5 heteroatoms. The maximum absolute atomic E-state index is 10.5. The average Bonchev–Trinajstić information content (AvgIpc) is 2.03. The summed E-state index contributed by atoms with van der Waals surface area (Å²) in [4.78, 5) is 10.1. The molecule has 70 valence electrons. The van der Waals surface area contributed by atoms with Crippen LogP contribution in [-0.4, -0.2) is 11.5 Å². The summed E-state index contributed by atoms with van der Waals surface area (Å²) in [5.41, 5.74) is 6.42. The van der Waals surface area contributed by atoms with E-state index in [1.54, 1.807) is 12.1 Å². The predicted octanol–water partition coefficient (Wildman–Crippen LogP) is 1.70. The first-order valence-electron chi connectivity index (χ1n) is 3.77. The van der Waals surface area contributed by atoms with Gasteiger partial charge in [0.2, 0.25) is 0 Å². The number of hydrogen-bond acceptors (Lipinski definition) is 3. The second-order valence-electron chi connectivity index (χ2n) is 2.61. The van der Waals surface area contributed by atoms with Gasteiger partial charge in [-0.15, -0.1) is 0 Å². The number of halogens is 1. The standard InChI is InChI=1S/C8H9IN2O2/c9-7-3-6(1-2-10)4-8(5-7)11(12)13/h3-5H,1-2,10H2. The van der Waals surface area contributed by atoms with Crippen molar-refractivity contribution in [3.8, 4) is 0 Å². The molecule has 2 N–H and O–H groups in total. The predicted molar refractivity (Wildman–Crippen MR) is 58.6 cm³/mol. The number of nitrogens with zero attached hydrogens (tertiary/aromatic N) is 1. The van der Waals surface area contributed by atoms with Crippen LogP contribution in [0.3, 0.4) is 0 Å². The van der Waals surface area contributed by atoms with Crippen LogP contribution < -0.4 is 5.73 Å². The number of rotatable bonds is 3. The Kier molecular flexibility index (Phi) is 3.61. The van der Waals surface area contributed by atoms with Crippen LogP contribution in [-0.2, 0) is 6.42 Å². The van der Waals surface area contributed by atoms with Gasteiger partial charge in [0.1, 0.15) is 0 Å². The molecule has 0 saturated carbocycles. The Balaban J connectivity index is 3.03. The Hall–Kier alpha value is -0.690. The molecule has 0 unspecified atom stereocenters. The van der Waals surface area contributed by atoms with Crippen molar-refractivity contribution in [2.45, 2.75) is 6.42 Å². The summed E-state index contributed by atoms with van der Waals surface area (Å²) >= 11 is 2.06. The van der Waals surface area contributed by atoms with E-state index in [1.807, 2.05) is 6.07 Å². The lowest BCUT2D eigenvalue weighted by Gasteiger charge is -1.99. The van der Waals surface area contributed by atoms with E-state index in [9.17, 15) is 10.1 Å². The van der Waals surface area contributed by atoms with Gasteiger partial charge in [-0.3, -0.25) is 10.1 Å². The number of nitro groups is 1. The molecule has 0 saturated heterocycles. The SMILES string of the molecule is NCCc1cc(I)cc([N+](=O)[O-])c1. The van der Waals surface area contributed by atoms with E-state index >= 15 is 0 Å². The molecule has 0 heterocycles. The van der Waals surface area contributed by atoms with E-state index in [2.05, 4.69) is 22.6 Å². The van der Waals surface area contributed by atoms with Crippen molar-refractivity contribution in [1.29, 1.82) is 0 Å². The topological polar surface area (TPSA) is 69.2 Å². The molecule has 0 bridgehead atoms. The lowest BCUT2D eigenvalue weighted by molar-refractivity contribution is -0.385. The van der Waals surface area contributed by atoms with Gasteiger partial charge in [0.25, 0.3) is 5.69 Å². The van der Waals surface area contributed by atoms with Crippen LogP contribution in [0.1, 0.15) is 5.56 Å². The molecule has 4 nitrogen and oxygen atoms in total. The van der Waals surface area contributed by atoms with Crippen molar-refractivity contribution in [2.75, 3.05) is 6.54 Å². The van der Waals surface area contributed by atoms with Gasteiger partial charge in [-0.05, 0) is 47.2 Å². The Morgan fingerprint density at radius 1 is 1.46 bits per heavy atom. The lowest BCUT2D eigenvalue weighted by atomic mass is 10.1. The molecule has 0 aliphatic carbocycles. The Morgan fingerprint density at radius 2 is 2.15 bits per heavy atom. The Morgan fingerprint density at radius 3 is 2.69 bits per heavy atom. The number of benzene rings is 1. The zero-order valence-corrected chi connectivity index (χ0v) is 9.02. The average molecular weight is 292 g/mol. The van der Waals surface area contributed by atoms with Crippen molar-refractivity contribution in [3.05, 3.63) is 37.4 Å². The smallest absolute Gasteiger partial charge is 0.270 e. The van der Waals surface area contributed by atoms with E-state index in [1.165, 1.54) is 0 Å². The summed E-state index contributed by atoms with van der Waals surface area (Å²) in [5, 5.41) is 10.5. The minimum Gasteiger partial charge on any atom is -0.330 e. The number of nitro benzene ring substituents is 1. The van der Waals surface area contributed by atoms with Crippen LogP contribution in [0.2, 0.25) is 0 Å². The fraction of sp³-hybridized carbons (Fsp3) is 0.250. The van der Waals surface area contributed by atoms with E-state index < -0.39 is 0 Å². The maximum atomic E-state index is 10.5. The Bertz CT molecular complexity index is 328. The molecule has 0 spiro atoms. The second kappa shape index (κ2) is 4.52. The van der Waals surface area contributed by atoms with Crippen molar-refractivity contribution >= 4 is 28.3 Å². The molecule has 1 aromatic carbocycles. The molecule has 1 rings (SSSR count). The summed E-state index contributed by atoms with van der Waals surface area (Å²) in [6.07, 6.45) is 0.678. The molecule has 0 amide bonds. The van der Waals surface area contributed by atoms with Crippen LogP contribution in [0.5, 0.6) is 0 Å². The zero-order valence-electron chi connectivity index (χ0n) is 6.87. The van der Waals surface area contributed by atoms with Crippen LogP contribution in [0.25, 0.3) is 0 Å². The number of nitrogens with two attached hydrogens (primary N) is 1. The van der Waals surface area contributed by atoms with Crippen LogP contribution in [0, 0.1) is 13.7 Å². The van der Waals surface area contributed by atoms with Gasteiger partial charge >= 0.3 is 0 Å². The first-order valence-corrected chi connectivity index (χ1v) is 4.85. The number of non-ortho nitro benzene ring substituents is 1. The summed E-state index contributed by atoms with van der Waals surface area (Å²) in [5.74, 6) is 0. The first kappa shape index (κ1) is 10.4. The first-order chi connectivity index (χ1) is 6.13. The Labute approximate surface area is 89.4 Å². The van der Waals surface area contributed by atoms with Crippen molar-refractivity contribution in [2.24, 2.45) is 5.73 Å². The molecule has 0 aliphatic heterocycles. The van der Waals surface area contributed by atoms with Gasteiger partial charge in [-0.1, -0.05) is 0 Å². The van der Waals surface area contributed by atoms with Crippen LogP contribution in [0.15, 0.2) is 18.2 Å². The fourth-order valence-corrected chi connectivity index (χ4v) is 1.77.